The molecule has 106 valence electrons. The Morgan fingerprint density at radius 3 is 2.80 bits per heavy atom. The van der Waals surface area contributed by atoms with Gasteiger partial charge >= 0.3 is 0 Å². The van der Waals surface area contributed by atoms with Gasteiger partial charge in [-0.1, -0.05) is 12.5 Å². The van der Waals surface area contributed by atoms with Crippen LogP contribution in [0.25, 0.3) is 5.69 Å². The summed E-state index contributed by atoms with van der Waals surface area (Å²) in [7, 11) is 1.67. The number of hydrogen-bond acceptors (Lipinski definition) is 3. The number of rotatable bonds is 4. The van der Waals surface area contributed by atoms with E-state index in [0.29, 0.717) is 6.10 Å². The van der Waals surface area contributed by atoms with Crippen LogP contribution in [0.4, 0.5) is 0 Å². The summed E-state index contributed by atoms with van der Waals surface area (Å²) in [5.41, 5.74) is 0.975. The standard InChI is InChI=1S/C16H20N2O2/c1-19-15-9-5-6-13(10-15)18-12-16(11-17-18)20-14-7-3-2-4-8-14/h5-6,9-12,14H,2-4,7-8H2,1H3. The van der Waals surface area contributed by atoms with E-state index in [1.807, 2.05) is 35.1 Å². The molecule has 1 aromatic heterocycles. The number of ether oxygens (including phenoxy) is 2. The highest BCUT2D eigenvalue weighted by Gasteiger charge is 2.15. The monoisotopic (exact) mass is 272 g/mol. The van der Waals surface area contributed by atoms with Crippen LogP contribution in [-0.2, 0) is 0 Å². The van der Waals surface area contributed by atoms with E-state index >= 15 is 0 Å². The van der Waals surface area contributed by atoms with E-state index in [1.54, 1.807) is 13.3 Å². The van der Waals surface area contributed by atoms with Gasteiger partial charge < -0.3 is 9.47 Å². The van der Waals surface area contributed by atoms with Crippen LogP contribution in [-0.4, -0.2) is 23.0 Å². The summed E-state index contributed by atoms with van der Waals surface area (Å²) in [6.45, 7) is 0. The van der Waals surface area contributed by atoms with Crippen LogP contribution in [0.15, 0.2) is 36.7 Å². The molecule has 3 rings (SSSR count). The molecule has 20 heavy (non-hydrogen) atoms. The van der Waals surface area contributed by atoms with Gasteiger partial charge in [-0.05, 0) is 37.8 Å². The molecule has 1 heterocycles. The molecule has 1 aliphatic rings. The molecule has 0 spiro atoms. The maximum atomic E-state index is 6.00. The summed E-state index contributed by atoms with van der Waals surface area (Å²) in [6.07, 6.45) is 10.3. The number of methoxy groups -OCH3 is 1. The molecule has 1 aliphatic carbocycles. The van der Waals surface area contributed by atoms with E-state index in [4.69, 9.17) is 9.47 Å². The fourth-order valence-corrected chi connectivity index (χ4v) is 2.64. The molecule has 0 N–H and O–H groups in total. The first kappa shape index (κ1) is 13.0. The predicted molar refractivity (Wildman–Crippen MR) is 77.6 cm³/mol. The van der Waals surface area contributed by atoms with Crippen LogP contribution in [0.2, 0.25) is 0 Å². The summed E-state index contributed by atoms with van der Waals surface area (Å²) in [4.78, 5) is 0. The fraction of sp³-hybridized carbons (Fsp3) is 0.438. The Labute approximate surface area is 119 Å². The largest absolute Gasteiger partial charge is 0.497 e. The molecular weight excluding hydrogens is 252 g/mol. The molecule has 0 amide bonds. The molecular formula is C16H20N2O2. The van der Waals surface area contributed by atoms with Crippen molar-refractivity contribution in [2.24, 2.45) is 0 Å². The molecule has 1 saturated carbocycles. The summed E-state index contributed by atoms with van der Waals surface area (Å²) in [5, 5.41) is 4.36. The SMILES string of the molecule is COc1cccc(-n2cc(OC3CCCCC3)cn2)c1. The number of hydrogen-bond donors (Lipinski definition) is 0. The highest BCUT2D eigenvalue weighted by atomic mass is 16.5. The van der Waals surface area contributed by atoms with E-state index in [0.717, 1.165) is 30.0 Å². The maximum Gasteiger partial charge on any atom is 0.158 e. The van der Waals surface area contributed by atoms with Crippen molar-refractivity contribution < 1.29 is 9.47 Å². The lowest BCUT2D eigenvalue weighted by atomic mass is 9.98. The average molecular weight is 272 g/mol. The molecule has 0 bridgehead atoms. The molecule has 0 radical (unpaired) electrons. The molecule has 1 aromatic carbocycles. The summed E-state index contributed by atoms with van der Waals surface area (Å²) in [5.74, 6) is 1.67. The summed E-state index contributed by atoms with van der Waals surface area (Å²) >= 11 is 0. The van der Waals surface area contributed by atoms with Crippen LogP contribution >= 0.6 is 0 Å². The highest BCUT2D eigenvalue weighted by Crippen LogP contribution is 2.24. The van der Waals surface area contributed by atoms with Crippen LogP contribution in [0.1, 0.15) is 32.1 Å². The zero-order valence-electron chi connectivity index (χ0n) is 11.8. The normalized spacial score (nSPS) is 16.1. The third-order valence-corrected chi connectivity index (χ3v) is 3.73. The van der Waals surface area contributed by atoms with Gasteiger partial charge in [-0.2, -0.15) is 5.10 Å². The summed E-state index contributed by atoms with van der Waals surface area (Å²) < 4.78 is 13.1. The van der Waals surface area contributed by atoms with Gasteiger partial charge in [0, 0.05) is 6.07 Å². The van der Waals surface area contributed by atoms with Gasteiger partial charge in [0.25, 0.3) is 0 Å². The Kier molecular flexibility index (Phi) is 3.90. The van der Waals surface area contributed by atoms with Gasteiger partial charge in [-0.25, -0.2) is 4.68 Å². The predicted octanol–water partition coefficient (Wildman–Crippen LogP) is 3.59. The number of nitrogens with zero attached hydrogens (tertiary/aromatic N) is 2. The average Bonchev–Trinajstić information content (AvgIpc) is 2.97. The van der Waals surface area contributed by atoms with E-state index in [-0.39, 0.29) is 0 Å². The molecule has 4 nitrogen and oxygen atoms in total. The van der Waals surface area contributed by atoms with E-state index < -0.39 is 0 Å². The zero-order chi connectivity index (χ0) is 13.8. The third kappa shape index (κ3) is 2.95. The van der Waals surface area contributed by atoms with Crippen LogP contribution in [0, 0.1) is 0 Å². The van der Waals surface area contributed by atoms with Crippen molar-refractivity contribution >= 4 is 0 Å². The quantitative estimate of drug-likeness (QED) is 0.853. The van der Waals surface area contributed by atoms with Crippen LogP contribution in [0.5, 0.6) is 11.5 Å². The van der Waals surface area contributed by atoms with E-state index in [2.05, 4.69) is 5.10 Å². The lowest BCUT2D eigenvalue weighted by molar-refractivity contribution is 0.155. The van der Waals surface area contributed by atoms with Crippen LogP contribution < -0.4 is 9.47 Å². The minimum absolute atomic E-state index is 0.353. The Bertz CT molecular complexity index is 559. The van der Waals surface area contributed by atoms with Crippen molar-refractivity contribution in [2.45, 2.75) is 38.2 Å². The third-order valence-electron chi connectivity index (χ3n) is 3.73. The molecule has 1 fully saturated rings. The number of benzene rings is 1. The Balaban J connectivity index is 1.72. The lowest BCUT2D eigenvalue weighted by Crippen LogP contribution is -2.19. The first-order chi connectivity index (χ1) is 9.85. The lowest BCUT2D eigenvalue weighted by Gasteiger charge is -2.21. The highest BCUT2D eigenvalue weighted by molar-refractivity contribution is 5.39. The van der Waals surface area contributed by atoms with Crippen molar-refractivity contribution in [3.05, 3.63) is 36.7 Å². The van der Waals surface area contributed by atoms with Crippen LogP contribution in [0.3, 0.4) is 0 Å². The maximum absolute atomic E-state index is 6.00. The first-order valence-electron chi connectivity index (χ1n) is 7.21. The molecule has 0 unspecified atom stereocenters. The molecule has 4 heteroatoms. The Morgan fingerprint density at radius 2 is 2.00 bits per heavy atom. The summed E-state index contributed by atoms with van der Waals surface area (Å²) in [6, 6.07) is 7.83. The van der Waals surface area contributed by atoms with Gasteiger partial charge in [0.2, 0.25) is 0 Å². The fourth-order valence-electron chi connectivity index (χ4n) is 2.64. The van der Waals surface area contributed by atoms with Gasteiger partial charge in [-0.15, -0.1) is 0 Å². The molecule has 0 saturated heterocycles. The zero-order valence-corrected chi connectivity index (χ0v) is 11.8. The van der Waals surface area contributed by atoms with E-state index in [1.165, 1.54) is 19.3 Å². The van der Waals surface area contributed by atoms with E-state index in [9.17, 15) is 0 Å². The molecule has 0 aliphatic heterocycles. The molecule has 0 atom stereocenters. The van der Waals surface area contributed by atoms with Crippen molar-refractivity contribution in [2.75, 3.05) is 7.11 Å². The smallest absolute Gasteiger partial charge is 0.158 e. The minimum Gasteiger partial charge on any atom is -0.497 e. The number of aromatic nitrogens is 2. The minimum atomic E-state index is 0.353. The van der Waals surface area contributed by atoms with Crippen molar-refractivity contribution in [3.63, 3.8) is 0 Å². The van der Waals surface area contributed by atoms with Gasteiger partial charge in [0.15, 0.2) is 5.75 Å². The second kappa shape index (κ2) is 5.99. The van der Waals surface area contributed by atoms with Crippen molar-refractivity contribution in [1.29, 1.82) is 0 Å². The topological polar surface area (TPSA) is 36.3 Å². The van der Waals surface area contributed by atoms with Gasteiger partial charge in [0.05, 0.1) is 31.3 Å². The van der Waals surface area contributed by atoms with Gasteiger partial charge in [-0.3, -0.25) is 0 Å². The van der Waals surface area contributed by atoms with Crippen molar-refractivity contribution in [3.8, 4) is 17.2 Å². The Morgan fingerprint density at radius 1 is 1.15 bits per heavy atom. The molecule has 2 aromatic rings. The second-order valence-electron chi connectivity index (χ2n) is 5.20. The van der Waals surface area contributed by atoms with Gasteiger partial charge in [0.1, 0.15) is 5.75 Å². The second-order valence-corrected chi connectivity index (χ2v) is 5.20. The van der Waals surface area contributed by atoms with Crippen molar-refractivity contribution in [1.82, 2.24) is 9.78 Å². The first-order valence-corrected chi connectivity index (χ1v) is 7.21. The Hall–Kier alpha value is -1.97.